The first kappa shape index (κ1) is 25.1. The van der Waals surface area contributed by atoms with E-state index in [1.807, 2.05) is 35.9 Å². The van der Waals surface area contributed by atoms with Crippen LogP contribution >= 0.6 is 0 Å². The van der Waals surface area contributed by atoms with Crippen LogP contribution in [-0.2, 0) is 24.5 Å². The van der Waals surface area contributed by atoms with Crippen molar-refractivity contribution in [3.8, 4) is 11.5 Å². The SMILES string of the molecule is C[C@H]1CCCN(Cc2cc(C(F)(F)F)c3oc(-c4cccc([C@H](c5nncn5C)C5COC5)c4)nc3c2)C1. The Balaban J connectivity index is 1.38. The third-order valence-electron chi connectivity index (χ3n) is 7.66. The Kier molecular flexibility index (Phi) is 6.47. The third kappa shape index (κ3) is 4.82. The van der Waals surface area contributed by atoms with Crippen molar-refractivity contribution >= 4 is 11.1 Å². The number of likely N-dealkylation sites (tertiary alicyclic amines) is 1. The summed E-state index contributed by atoms with van der Waals surface area (Å²) in [4.78, 5) is 6.76. The van der Waals surface area contributed by atoms with E-state index in [4.69, 9.17) is 9.15 Å². The van der Waals surface area contributed by atoms with Gasteiger partial charge in [0, 0.05) is 31.6 Å². The molecule has 2 aliphatic rings. The van der Waals surface area contributed by atoms with Crippen molar-refractivity contribution in [2.75, 3.05) is 26.3 Å². The zero-order valence-electron chi connectivity index (χ0n) is 21.4. The summed E-state index contributed by atoms with van der Waals surface area (Å²) in [6, 6.07) is 10.5. The topological polar surface area (TPSA) is 69.2 Å². The van der Waals surface area contributed by atoms with Crippen LogP contribution in [0.1, 0.15) is 48.2 Å². The fourth-order valence-corrected chi connectivity index (χ4v) is 5.72. The van der Waals surface area contributed by atoms with E-state index in [-0.39, 0.29) is 28.8 Å². The number of fused-ring (bicyclic) bond motifs is 1. The molecule has 0 N–H and O–H groups in total. The van der Waals surface area contributed by atoms with Gasteiger partial charge in [-0.25, -0.2) is 4.98 Å². The van der Waals surface area contributed by atoms with E-state index in [1.54, 1.807) is 12.4 Å². The Morgan fingerprint density at radius 3 is 2.68 bits per heavy atom. The minimum atomic E-state index is -4.55. The van der Waals surface area contributed by atoms with Crippen molar-refractivity contribution in [3.63, 3.8) is 0 Å². The molecular weight excluding hydrogens is 495 g/mol. The van der Waals surface area contributed by atoms with E-state index in [1.165, 1.54) is 6.07 Å². The third-order valence-corrected chi connectivity index (χ3v) is 7.66. The number of aryl methyl sites for hydroxylation is 1. The molecule has 2 aliphatic heterocycles. The van der Waals surface area contributed by atoms with Crippen LogP contribution in [0.2, 0.25) is 0 Å². The summed E-state index contributed by atoms with van der Waals surface area (Å²) in [7, 11) is 1.90. The number of nitrogens with zero attached hydrogens (tertiary/aromatic N) is 5. The van der Waals surface area contributed by atoms with E-state index >= 15 is 0 Å². The second-order valence-electron chi connectivity index (χ2n) is 10.7. The molecule has 4 heterocycles. The molecule has 0 unspecified atom stereocenters. The van der Waals surface area contributed by atoms with Gasteiger partial charge in [0.1, 0.15) is 23.2 Å². The average molecular weight is 526 g/mol. The molecule has 4 aromatic rings. The van der Waals surface area contributed by atoms with Crippen LogP contribution < -0.4 is 0 Å². The molecule has 2 fully saturated rings. The smallest absolute Gasteiger partial charge is 0.420 e. The van der Waals surface area contributed by atoms with Gasteiger partial charge in [0.2, 0.25) is 5.89 Å². The van der Waals surface area contributed by atoms with Crippen LogP contribution in [0.4, 0.5) is 13.2 Å². The van der Waals surface area contributed by atoms with Gasteiger partial charge in [0.05, 0.1) is 19.1 Å². The van der Waals surface area contributed by atoms with Gasteiger partial charge in [-0.3, -0.25) is 4.90 Å². The first-order valence-corrected chi connectivity index (χ1v) is 13.0. The Labute approximate surface area is 218 Å². The monoisotopic (exact) mass is 525 g/mol. The average Bonchev–Trinajstić information content (AvgIpc) is 3.46. The fourth-order valence-electron chi connectivity index (χ4n) is 5.72. The first-order chi connectivity index (χ1) is 18.3. The molecule has 0 amide bonds. The van der Waals surface area contributed by atoms with E-state index in [0.29, 0.717) is 36.8 Å². The quantitative estimate of drug-likeness (QED) is 0.324. The number of hydrogen-bond donors (Lipinski definition) is 0. The highest BCUT2D eigenvalue weighted by molar-refractivity contribution is 5.81. The molecule has 38 heavy (non-hydrogen) atoms. The van der Waals surface area contributed by atoms with Gasteiger partial charge in [-0.2, -0.15) is 13.2 Å². The highest BCUT2D eigenvalue weighted by Gasteiger charge is 2.37. The van der Waals surface area contributed by atoms with Gasteiger partial charge in [-0.1, -0.05) is 19.1 Å². The maximum Gasteiger partial charge on any atom is 0.420 e. The van der Waals surface area contributed by atoms with E-state index in [2.05, 4.69) is 27.0 Å². The van der Waals surface area contributed by atoms with Crippen LogP contribution in [0.3, 0.4) is 0 Å². The predicted octanol–water partition coefficient (Wildman–Crippen LogP) is 5.65. The molecule has 0 spiro atoms. The number of hydrogen-bond acceptors (Lipinski definition) is 6. The molecule has 10 heteroatoms. The molecule has 2 atom stereocenters. The van der Waals surface area contributed by atoms with Crippen molar-refractivity contribution in [1.82, 2.24) is 24.6 Å². The summed E-state index contributed by atoms with van der Waals surface area (Å²) in [6.07, 6.45) is -0.682. The molecule has 6 rings (SSSR count). The van der Waals surface area contributed by atoms with Crippen molar-refractivity contribution < 1.29 is 22.3 Å². The summed E-state index contributed by atoms with van der Waals surface area (Å²) < 4.78 is 55.5. The molecule has 7 nitrogen and oxygen atoms in total. The number of oxazole rings is 1. The largest absolute Gasteiger partial charge is 0.435 e. The normalized spacial score (nSPS) is 20.1. The Morgan fingerprint density at radius 1 is 1.16 bits per heavy atom. The fraction of sp³-hybridized carbons (Fsp3) is 0.464. The van der Waals surface area contributed by atoms with Crippen molar-refractivity contribution in [2.24, 2.45) is 18.9 Å². The Hall–Kier alpha value is -3.24. The molecule has 0 saturated carbocycles. The lowest BCUT2D eigenvalue weighted by molar-refractivity contribution is -0.136. The van der Waals surface area contributed by atoms with Crippen LogP contribution in [-0.4, -0.2) is 51.0 Å². The van der Waals surface area contributed by atoms with Gasteiger partial charge >= 0.3 is 6.18 Å². The Bertz CT molecular complexity index is 1440. The van der Waals surface area contributed by atoms with Crippen molar-refractivity contribution in [1.29, 1.82) is 0 Å². The summed E-state index contributed by atoms with van der Waals surface area (Å²) in [5.41, 5.74) is 1.38. The summed E-state index contributed by atoms with van der Waals surface area (Å²) in [6.45, 7) is 5.63. The van der Waals surface area contributed by atoms with Gasteiger partial charge in [0.15, 0.2) is 5.58 Å². The number of alkyl halides is 3. The molecule has 2 aromatic heterocycles. The van der Waals surface area contributed by atoms with Crippen LogP contribution in [0, 0.1) is 11.8 Å². The lowest BCUT2D eigenvalue weighted by atomic mass is 9.83. The standard InChI is InChI=1S/C28H30F3N5O2/c1-17-5-4-8-36(12-17)13-18-9-22(28(29,30)31)25-23(10-18)33-27(38-25)20-7-3-6-19(11-20)24(21-14-37-15-21)26-34-32-16-35(26)2/h3,6-7,9-11,16-17,21,24H,4-5,8,12-15H2,1-2H3/t17-,24-/m0/s1. The molecule has 200 valence electrons. The predicted molar refractivity (Wildman–Crippen MR) is 135 cm³/mol. The highest BCUT2D eigenvalue weighted by atomic mass is 19.4. The van der Waals surface area contributed by atoms with E-state index in [9.17, 15) is 13.2 Å². The van der Waals surface area contributed by atoms with Crippen LogP contribution in [0.25, 0.3) is 22.6 Å². The maximum atomic E-state index is 14.1. The number of piperidine rings is 1. The number of benzene rings is 2. The van der Waals surface area contributed by atoms with Gasteiger partial charge in [0.25, 0.3) is 0 Å². The lowest BCUT2D eigenvalue weighted by Crippen LogP contribution is -2.34. The van der Waals surface area contributed by atoms with Crippen molar-refractivity contribution in [2.45, 2.75) is 38.4 Å². The molecule has 0 aliphatic carbocycles. The van der Waals surface area contributed by atoms with Crippen molar-refractivity contribution in [3.05, 3.63) is 65.2 Å². The maximum absolute atomic E-state index is 14.1. The first-order valence-electron chi connectivity index (χ1n) is 13.0. The molecule has 0 radical (unpaired) electrons. The lowest BCUT2D eigenvalue weighted by Gasteiger charge is -2.33. The number of rotatable bonds is 6. The number of halogens is 3. The zero-order chi connectivity index (χ0) is 26.4. The van der Waals surface area contributed by atoms with Crippen LogP contribution in [0.5, 0.6) is 0 Å². The zero-order valence-corrected chi connectivity index (χ0v) is 21.4. The summed E-state index contributed by atoms with van der Waals surface area (Å²) >= 11 is 0. The summed E-state index contributed by atoms with van der Waals surface area (Å²) in [5, 5.41) is 8.36. The Morgan fingerprint density at radius 2 is 2.00 bits per heavy atom. The number of aromatic nitrogens is 4. The van der Waals surface area contributed by atoms with Gasteiger partial charge in [-0.15, -0.1) is 10.2 Å². The highest BCUT2D eigenvalue weighted by Crippen LogP contribution is 2.40. The van der Waals surface area contributed by atoms with Crippen LogP contribution in [0.15, 0.2) is 47.1 Å². The molecule has 2 saturated heterocycles. The molecule has 0 bridgehead atoms. The van der Waals surface area contributed by atoms with Gasteiger partial charge < -0.3 is 13.7 Å². The second kappa shape index (κ2) is 9.81. The number of ether oxygens (including phenoxy) is 1. The summed E-state index contributed by atoms with van der Waals surface area (Å²) in [5.74, 6) is 1.68. The minimum absolute atomic E-state index is 0.0650. The molecular formula is C28H30F3N5O2. The van der Waals surface area contributed by atoms with E-state index in [0.717, 1.165) is 37.3 Å². The second-order valence-corrected chi connectivity index (χ2v) is 10.7. The van der Waals surface area contributed by atoms with E-state index < -0.39 is 11.7 Å². The molecule has 2 aromatic carbocycles. The van der Waals surface area contributed by atoms with Gasteiger partial charge in [-0.05, 0) is 60.7 Å². The minimum Gasteiger partial charge on any atom is -0.435 e.